The first-order valence-corrected chi connectivity index (χ1v) is 7.71. The van der Waals surface area contributed by atoms with Gasteiger partial charge in [0.25, 0.3) is 0 Å². The van der Waals surface area contributed by atoms with Crippen LogP contribution in [0.5, 0.6) is 11.5 Å². The fourth-order valence-electron chi connectivity index (χ4n) is 1.79. The lowest BCUT2D eigenvalue weighted by Crippen LogP contribution is -2.23. The Hall–Kier alpha value is -1.27. The molecule has 0 unspecified atom stereocenters. The molecule has 0 heterocycles. The van der Waals surface area contributed by atoms with Gasteiger partial charge in [0.15, 0.2) is 11.5 Å². The van der Waals surface area contributed by atoms with Gasteiger partial charge in [0.05, 0.1) is 24.1 Å². The Morgan fingerprint density at radius 3 is 2.62 bits per heavy atom. The van der Waals surface area contributed by atoms with Crippen LogP contribution in [0, 0.1) is 0 Å². The van der Waals surface area contributed by atoms with E-state index in [-0.39, 0.29) is 5.91 Å². The normalized spacial score (nSPS) is 10.3. The second kappa shape index (κ2) is 8.89. The number of nitrogens with zero attached hydrogens (tertiary/aromatic N) is 1. The van der Waals surface area contributed by atoms with Crippen LogP contribution in [0.3, 0.4) is 0 Å². The minimum Gasteiger partial charge on any atom is -0.490 e. The summed E-state index contributed by atoms with van der Waals surface area (Å²) in [5, 5.41) is 3.10. The largest absolute Gasteiger partial charge is 0.490 e. The monoisotopic (exact) mass is 358 g/mol. The maximum atomic E-state index is 11.6. The minimum absolute atomic E-state index is 0.0379. The average molecular weight is 359 g/mol. The number of amides is 1. The fraction of sp³-hybridized carbons (Fsp3) is 0.533. The summed E-state index contributed by atoms with van der Waals surface area (Å²) in [6.07, 6.45) is 0.337. The number of hydrogen-bond donors (Lipinski definition) is 1. The second-order valence-electron chi connectivity index (χ2n) is 4.75. The molecule has 1 aromatic carbocycles. The van der Waals surface area contributed by atoms with Gasteiger partial charge in [-0.25, -0.2) is 0 Å². The van der Waals surface area contributed by atoms with Crippen molar-refractivity contribution >= 4 is 21.8 Å². The van der Waals surface area contributed by atoms with Crippen LogP contribution in [0.1, 0.15) is 18.9 Å². The van der Waals surface area contributed by atoms with Gasteiger partial charge in [0.1, 0.15) is 0 Å². The van der Waals surface area contributed by atoms with Crippen LogP contribution < -0.4 is 14.8 Å². The average Bonchev–Trinajstić information content (AvgIpc) is 2.42. The van der Waals surface area contributed by atoms with Crippen molar-refractivity contribution in [2.45, 2.75) is 19.9 Å². The van der Waals surface area contributed by atoms with Crippen molar-refractivity contribution in [3.63, 3.8) is 0 Å². The molecule has 0 spiro atoms. The number of carbonyl (C=O) groups excluding carboxylic acids is 1. The molecule has 0 aromatic heterocycles. The van der Waals surface area contributed by atoms with E-state index in [9.17, 15) is 4.79 Å². The molecule has 1 amide bonds. The van der Waals surface area contributed by atoms with Gasteiger partial charge in [-0.05, 0) is 47.6 Å². The highest BCUT2D eigenvalue weighted by Gasteiger charge is 2.13. The van der Waals surface area contributed by atoms with Crippen molar-refractivity contribution in [1.82, 2.24) is 10.2 Å². The summed E-state index contributed by atoms with van der Waals surface area (Å²) in [7, 11) is 5.36. The van der Waals surface area contributed by atoms with Crippen LogP contribution in [0.2, 0.25) is 0 Å². The molecule has 0 saturated heterocycles. The molecular formula is C15H23BrN2O3. The van der Waals surface area contributed by atoms with Gasteiger partial charge in [-0.3, -0.25) is 4.79 Å². The summed E-state index contributed by atoms with van der Waals surface area (Å²) >= 11 is 3.51. The molecule has 118 valence electrons. The zero-order valence-corrected chi connectivity index (χ0v) is 14.6. The van der Waals surface area contributed by atoms with Gasteiger partial charge in [-0.2, -0.15) is 0 Å². The molecule has 0 aliphatic heterocycles. The number of carbonyl (C=O) groups is 1. The smallest absolute Gasteiger partial charge is 0.225 e. The van der Waals surface area contributed by atoms with Gasteiger partial charge in [-0.1, -0.05) is 0 Å². The minimum atomic E-state index is 0.0379. The molecule has 0 atom stereocenters. The lowest BCUT2D eigenvalue weighted by atomic mass is 10.2. The van der Waals surface area contributed by atoms with Crippen molar-refractivity contribution in [3.8, 4) is 11.5 Å². The molecule has 0 aliphatic rings. The van der Waals surface area contributed by atoms with E-state index in [0.29, 0.717) is 31.1 Å². The van der Waals surface area contributed by atoms with Crippen molar-refractivity contribution in [3.05, 3.63) is 22.2 Å². The summed E-state index contributed by atoms with van der Waals surface area (Å²) in [6.45, 7) is 3.56. The predicted octanol–water partition coefficient (Wildman–Crippen LogP) is 2.42. The van der Waals surface area contributed by atoms with Crippen molar-refractivity contribution in [2.75, 3.05) is 34.4 Å². The third-order valence-electron chi connectivity index (χ3n) is 2.81. The third-order valence-corrected chi connectivity index (χ3v) is 3.40. The zero-order valence-electron chi connectivity index (χ0n) is 13.0. The van der Waals surface area contributed by atoms with Crippen molar-refractivity contribution in [1.29, 1.82) is 0 Å². The molecule has 0 fully saturated rings. The molecule has 5 nitrogen and oxygen atoms in total. The molecule has 21 heavy (non-hydrogen) atoms. The van der Waals surface area contributed by atoms with Gasteiger partial charge in [-0.15, -0.1) is 0 Å². The molecule has 1 N–H and O–H groups in total. The number of hydrogen-bond acceptors (Lipinski definition) is 4. The third kappa shape index (κ3) is 5.55. The highest BCUT2D eigenvalue weighted by Crippen LogP contribution is 2.37. The fourth-order valence-corrected chi connectivity index (χ4v) is 2.40. The lowest BCUT2D eigenvalue weighted by Gasteiger charge is -2.16. The van der Waals surface area contributed by atoms with Crippen LogP contribution in [-0.2, 0) is 11.3 Å². The number of benzene rings is 1. The van der Waals surface area contributed by atoms with Gasteiger partial charge in [0, 0.05) is 20.6 Å². The summed E-state index contributed by atoms with van der Waals surface area (Å²) in [5.74, 6) is 1.37. The van der Waals surface area contributed by atoms with Crippen LogP contribution in [0.15, 0.2) is 16.6 Å². The Balaban J connectivity index is 2.81. The van der Waals surface area contributed by atoms with E-state index in [1.165, 1.54) is 0 Å². The first-order valence-electron chi connectivity index (χ1n) is 6.92. The predicted molar refractivity (Wildman–Crippen MR) is 86.9 cm³/mol. The molecular weight excluding hydrogens is 336 g/mol. The van der Waals surface area contributed by atoms with E-state index in [1.54, 1.807) is 19.0 Å². The highest BCUT2D eigenvalue weighted by atomic mass is 79.9. The van der Waals surface area contributed by atoms with E-state index in [4.69, 9.17) is 9.47 Å². The maximum Gasteiger partial charge on any atom is 0.225 e. The van der Waals surface area contributed by atoms with Gasteiger partial charge < -0.3 is 19.7 Å². The Morgan fingerprint density at radius 1 is 1.33 bits per heavy atom. The molecule has 0 radical (unpaired) electrons. The number of halogens is 1. The van der Waals surface area contributed by atoms with E-state index in [1.807, 2.05) is 26.1 Å². The van der Waals surface area contributed by atoms with Gasteiger partial charge >= 0.3 is 0 Å². The van der Waals surface area contributed by atoms with Crippen LogP contribution in [0.25, 0.3) is 0 Å². The number of ether oxygens (including phenoxy) is 2. The summed E-state index contributed by atoms with van der Waals surface area (Å²) in [4.78, 5) is 13.1. The standard InChI is InChI=1S/C15H23BrN2O3/c1-5-20-13-9-11(10-17-2)8-12(16)15(13)21-7-6-14(19)18(3)4/h8-9,17H,5-7,10H2,1-4H3. The molecule has 0 bridgehead atoms. The highest BCUT2D eigenvalue weighted by molar-refractivity contribution is 9.10. The van der Waals surface area contributed by atoms with Gasteiger partial charge in [0.2, 0.25) is 5.91 Å². The van der Waals surface area contributed by atoms with Crippen LogP contribution >= 0.6 is 15.9 Å². The molecule has 1 aromatic rings. The first kappa shape index (κ1) is 17.8. The molecule has 0 saturated carbocycles. The van der Waals surface area contributed by atoms with E-state index in [2.05, 4.69) is 21.2 Å². The van der Waals surface area contributed by atoms with E-state index in [0.717, 1.165) is 16.6 Å². The summed E-state index contributed by atoms with van der Waals surface area (Å²) in [5.41, 5.74) is 1.10. The second-order valence-corrected chi connectivity index (χ2v) is 5.61. The molecule has 0 aliphatic carbocycles. The summed E-state index contributed by atoms with van der Waals surface area (Å²) in [6, 6.07) is 3.94. The topological polar surface area (TPSA) is 50.8 Å². The van der Waals surface area contributed by atoms with E-state index < -0.39 is 0 Å². The Morgan fingerprint density at radius 2 is 2.05 bits per heavy atom. The Bertz CT molecular complexity index is 478. The Kier molecular flexibility index (Phi) is 7.53. The molecule has 1 rings (SSSR count). The Labute approximate surface area is 134 Å². The first-order chi connectivity index (χ1) is 9.99. The van der Waals surface area contributed by atoms with Crippen molar-refractivity contribution < 1.29 is 14.3 Å². The molecule has 6 heteroatoms. The number of nitrogens with one attached hydrogen (secondary N) is 1. The van der Waals surface area contributed by atoms with Crippen molar-refractivity contribution in [2.24, 2.45) is 0 Å². The lowest BCUT2D eigenvalue weighted by molar-refractivity contribution is -0.129. The van der Waals surface area contributed by atoms with Crippen LogP contribution in [-0.4, -0.2) is 45.2 Å². The number of rotatable bonds is 8. The maximum absolute atomic E-state index is 11.6. The SMILES string of the molecule is CCOc1cc(CNC)cc(Br)c1OCCC(=O)N(C)C. The zero-order chi connectivity index (χ0) is 15.8. The summed E-state index contributed by atoms with van der Waals surface area (Å²) < 4.78 is 12.2. The van der Waals surface area contributed by atoms with Crippen LogP contribution in [0.4, 0.5) is 0 Å². The quantitative estimate of drug-likeness (QED) is 0.775. The van der Waals surface area contributed by atoms with E-state index >= 15 is 0 Å².